The lowest BCUT2D eigenvalue weighted by Crippen LogP contribution is -2.15. The summed E-state index contributed by atoms with van der Waals surface area (Å²) in [6.07, 6.45) is 3.51. The van der Waals surface area contributed by atoms with E-state index in [2.05, 4.69) is 32.6 Å². The number of ether oxygens (including phenoxy) is 1. The molecule has 0 saturated heterocycles. The Morgan fingerprint density at radius 1 is 1.37 bits per heavy atom. The van der Waals surface area contributed by atoms with Gasteiger partial charge in [0.15, 0.2) is 0 Å². The molecule has 1 heterocycles. The Kier molecular flexibility index (Phi) is 5.37. The summed E-state index contributed by atoms with van der Waals surface area (Å²) < 4.78 is 5.48. The first-order valence-electron chi connectivity index (χ1n) is 6.65. The van der Waals surface area contributed by atoms with E-state index in [-0.39, 0.29) is 0 Å². The number of aromatic amines is 1. The highest BCUT2D eigenvalue weighted by Gasteiger charge is 1.98. The molecule has 2 rings (SSSR count). The highest BCUT2D eigenvalue weighted by atomic mass is 16.5. The van der Waals surface area contributed by atoms with Gasteiger partial charge in [-0.15, -0.1) is 0 Å². The van der Waals surface area contributed by atoms with Gasteiger partial charge in [0.2, 0.25) is 0 Å². The van der Waals surface area contributed by atoms with E-state index in [0.29, 0.717) is 6.61 Å². The van der Waals surface area contributed by atoms with Gasteiger partial charge in [0.1, 0.15) is 17.9 Å². The second-order valence-electron chi connectivity index (χ2n) is 4.29. The van der Waals surface area contributed by atoms with Crippen LogP contribution >= 0.6 is 0 Å². The van der Waals surface area contributed by atoms with E-state index in [0.717, 1.165) is 37.5 Å². The van der Waals surface area contributed by atoms with Crippen molar-refractivity contribution in [3.63, 3.8) is 0 Å². The average molecular weight is 260 g/mol. The first-order valence-corrected chi connectivity index (χ1v) is 6.65. The Morgan fingerprint density at radius 2 is 2.32 bits per heavy atom. The summed E-state index contributed by atoms with van der Waals surface area (Å²) in [5, 5.41) is 10.1. The number of hydrogen-bond donors (Lipinski definition) is 2. The third-order valence-corrected chi connectivity index (χ3v) is 2.77. The zero-order valence-electron chi connectivity index (χ0n) is 11.2. The van der Waals surface area contributed by atoms with Crippen LogP contribution in [0.25, 0.3) is 0 Å². The van der Waals surface area contributed by atoms with Crippen molar-refractivity contribution in [2.24, 2.45) is 0 Å². The first-order chi connectivity index (χ1) is 9.38. The van der Waals surface area contributed by atoms with Crippen molar-refractivity contribution in [3.8, 4) is 5.75 Å². The molecule has 19 heavy (non-hydrogen) atoms. The molecule has 0 spiro atoms. The summed E-state index contributed by atoms with van der Waals surface area (Å²) >= 11 is 0. The van der Waals surface area contributed by atoms with Gasteiger partial charge in [-0.25, -0.2) is 4.98 Å². The zero-order chi connectivity index (χ0) is 13.3. The third-order valence-electron chi connectivity index (χ3n) is 2.77. The van der Waals surface area contributed by atoms with Crippen molar-refractivity contribution in [1.29, 1.82) is 0 Å². The van der Waals surface area contributed by atoms with Gasteiger partial charge in [-0.2, -0.15) is 5.10 Å². The van der Waals surface area contributed by atoms with Crippen LogP contribution in [0, 0.1) is 0 Å². The lowest BCUT2D eigenvalue weighted by atomic mass is 10.2. The zero-order valence-corrected chi connectivity index (χ0v) is 11.2. The summed E-state index contributed by atoms with van der Waals surface area (Å²) in [5.41, 5.74) is 1.24. The number of rotatable bonds is 8. The molecular weight excluding hydrogens is 240 g/mol. The van der Waals surface area contributed by atoms with E-state index < -0.39 is 0 Å². The minimum absolute atomic E-state index is 0.702. The number of benzene rings is 1. The maximum atomic E-state index is 5.48. The van der Waals surface area contributed by atoms with Gasteiger partial charge >= 0.3 is 0 Å². The maximum absolute atomic E-state index is 5.48. The molecule has 0 aliphatic heterocycles. The van der Waals surface area contributed by atoms with Crippen LogP contribution in [0.3, 0.4) is 0 Å². The molecule has 5 heteroatoms. The molecule has 102 valence electrons. The molecule has 5 nitrogen and oxygen atoms in total. The van der Waals surface area contributed by atoms with Gasteiger partial charge in [-0.1, -0.05) is 12.1 Å². The SMILES string of the molecule is CCOc1cccc(CNCCCc2ncn[nH]2)c1. The smallest absolute Gasteiger partial charge is 0.137 e. The van der Waals surface area contributed by atoms with Crippen LogP contribution in [0.5, 0.6) is 5.75 Å². The number of aromatic nitrogens is 3. The van der Waals surface area contributed by atoms with Crippen LogP contribution in [0.4, 0.5) is 0 Å². The monoisotopic (exact) mass is 260 g/mol. The molecule has 0 saturated carbocycles. The first kappa shape index (κ1) is 13.5. The van der Waals surface area contributed by atoms with Crippen molar-refractivity contribution >= 4 is 0 Å². The van der Waals surface area contributed by atoms with Crippen LogP contribution in [0.15, 0.2) is 30.6 Å². The van der Waals surface area contributed by atoms with E-state index in [9.17, 15) is 0 Å². The highest BCUT2D eigenvalue weighted by Crippen LogP contribution is 2.12. The molecule has 0 aliphatic rings. The van der Waals surface area contributed by atoms with Crippen molar-refractivity contribution < 1.29 is 4.74 Å². The Hall–Kier alpha value is -1.88. The molecule has 1 aromatic heterocycles. The standard InChI is InChI=1S/C14H20N4O/c1-2-19-13-6-3-5-12(9-13)10-15-8-4-7-14-16-11-17-18-14/h3,5-6,9,11,15H,2,4,7-8,10H2,1H3,(H,16,17,18). The molecule has 2 aromatic rings. The van der Waals surface area contributed by atoms with Crippen LogP contribution in [0.1, 0.15) is 24.7 Å². The normalized spacial score (nSPS) is 10.6. The summed E-state index contributed by atoms with van der Waals surface area (Å²) in [5.74, 6) is 1.88. The number of H-pyrrole nitrogens is 1. The van der Waals surface area contributed by atoms with E-state index in [4.69, 9.17) is 4.74 Å². The quantitative estimate of drug-likeness (QED) is 0.712. The van der Waals surface area contributed by atoms with Crippen LogP contribution in [0.2, 0.25) is 0 Å². The molecular formula is C14H20N4O. The van der Waals surface area contributed by atoms with Gasteiger partial charge in [0.05, 0.1) is 6.61 Å². The topological polar surface area (TPSA) is 62.8 Å². The third kappa shape index (κ3) is 4.71. The Morgan fingerprint density at radius 3 is 3.11 bits per heavy atom. The molecule has 0 unspecified atom stereocenters. The molecule has 2 N–H and O–H groups in total. The van der Waals surface area contributed by atoms with Crippen LogP contribution < -0.4 is 10.1 Å². The van der Waals surface area contributed by atoms with Crippen molar-refractivity contribution in [1.82, 2.24) is 20.5 Å². The lowest BCUT2D eigenvalue weighted by molar-refractivity contribution is 0.340. The van der Waals surface area contributed by atoms with Crippen LogP contribution in [-0.2, 0) is 13.0 Å². The molecule has 0 aliphatic carbocycles. The molecule has 1 aromatic carbocycles. The van der Waals surface area contributed by atoms with Crippen molar-refractivity contribution in [2.75, 3.05) is 13.2 Å². The summed E-state index contributed by atoms with van der Waals surface area (Å²) in [4.78, 5) is 4.09. The van der Waals surface area contributed by atoms with E-state index in [1.807, 2.05) is 19.1 Å². The predicted octanol–water partition coefficient (Wildman–Crippen LogP) is 1.93. The van der Waals surface area contributed by atoms with Crippen molar-refractivity contribution in [2.45, 2.75) is 26.3 Å². The Bertz CT molecular complexity index is 470. The fourth-order valence-electron chi connectivity index (χ4n) is 1.88. The molecule has 0 amide bonds. The van der Waals surface area contributed by atoms with Gasteiger partial charge in [0.25, 0.3) is 0 Å². The van der Waals surface area contributed by atoms with Gasteiger partial charge in [-0.05, 0) is 37.6 Å². The summed E-state index contributed by atoms with van der Waals surface area (Å²) in [7, 11) is 0. The number of nitrogens with one attached hydrogen (secondary N) is 2. The maximum Gasteiger partial charge on any atom is 0.137 e. The molecule has 0 bridgehead atoms. The summed E-state index contributed by atoms with van der Waals surface area (Å²) in [6, 6.07) is 8.19. The minimum Gasteiger partial charge on any atom is -0.494 e. The van der Waals surface area contributed by atoms with Gasteiger partial charge in [-0.3, -0.25) is 5.10 Å². The van der Waals surface area contributed by atoms with Crippen LogP contribution in [-0.4, -0.2) is 28.3 Å². The lowest BCUT2D eigenvalue weighted by Gasteiger charge is -2.07. The number of hydrogen-bond acceptors (Lipinski definition) is 4. The molecule has 0 radical (unpaired) electrons. The number of nitrogens with zero attached hydrogens (tertiary/aromatic N) is 2. The summed E-state index contributed by atoms with van der Waals surface area (Å²) in [6.45, 7) is 4.51. The second-order valence-corrected chi connectivity index (χ2v) is 4.29. The molecule has 0 atom stereocenters. The van der Waals surface area contributed by atoms with E-state index in [1.54, 1.807) is 6.33 Å². The predicted molar refractivity (Wildman–Crippen MR) is 74.0 cm³/mol. The second kappa shape index (κ2) is 7.53. The average Bonchev–Trinajstić information content (AvgIpc) is 2.92. The van der Waals surface area contributed by atoms with Crippen molar-refractivity contribution in [3.05, 3.63) is 42.0 Å². The van der Waals surface area contributed by atoms with Gasteiger partial charge < -0.3 is 10.1 Å². The minimum atomic E-state index is 0.702. The Balaban J connectivity index is 1.66. The fraction of sp³-hybridized carbons (Fsp3) is 0.429. The molecule has 0 fully saturated rings. The largest absolute Gasteiger partial charge is 0.494 e. The van der Waals surface area contributed by atoms with Gasteiger partial charge in [0, 0.05) is 13.0 Å². The fourth-order valence-corrected chi connectivity index (χ4v) is 1.88. The van der Waals surface area contributed by atoms with E-state index in [1.165, 1.54) is 5.56 Å². The highest BCUT2D eigenvalue weighted by molar-refractivity contribution is 5.28. The Labute approximate surface area is 113 Å². The van der Waals surface area contributed by atoms with E-state index >= 15 is 0 Å². The number of aryl methyl sites for hydroxylation is 1.